The molecule has 2 rings (SSSR count). The van der Waals surface area contributed by atoms with Crippen molar-refractivity contribution in [3.05, 3.63) is 76.9 Å². The van der Waals surface area contributed by atoms with E-state index >= 15 is 0 Å². The third-order valence-electron chi connectivity index (χ3n) is 3.30. The van der Waals surface area contributed by atoms with Gasteiger partial charge in [0.25, 0.3) is 0 Å². The summed E-state index contributed by atoms with van der Waals surface area (Å²) in [6, 6.07) is 8.50. The lowest BCUT2D eigenvalue weighted by molar-refractivity contribution is 0.945. The molecule has 0 fully saturated rings. The molecule has 18 heavy (non-hydrogen) atoms. The highest BCUT2D eigenvalue weighted by atomic mass is 14.1. The van der Waals surface area contributed by atoms with Crippen LogP contribution in [0, 0.1) is 6.92 Å². The zero-order chi connectivity index (χ0) is 13.0. The van der Waals surface area contributed by atoms with E-state index in [0.29, 0.717) is 0 Å². The third-order valence-corrected chi connectivity index (χ3v) is 3.30. The van der Waals surface area contributed by atoms with Crippen LogP contribution in [0.4, 0.5) is 0 Å². The summed E-state index contributed by atoms with van der Waals surface area (Å²) in [5.74, 6) is 0. The number of aryl methyl sites for hydroxylation is 1. The Labute approximate surface area is 110 Å². The lowest BCUT2D eigenvalue weighted by Gasteiger charge is -2.12. The molecule has 1 aliphatic carbocycles. The van der Waals surface area contributed by atoms with Crippen LogP contribution in [-0.4, -0.2) is 0 Å². The number of benzene rings is 1. The average molecular weight is 236 g/mol. The zero-order valence-corrected chi connectivity index (χ0v) is 11.2. The first-order valence-corrected chi connectivity index (χ1v) is 6.47. The van der Waals surface area contributed by atoms with Gasteiger partial charge < -0.3 is 0 Å². The van der Waals surface area contributed by atoms with Crippen LogP contribution in [0.5, 0.6) is 0 Å². The van der Waals surface area contributed by atoms with Gasteiger partial charge in [0, 0.05) is 0 Å². The fourth-order valence-corrected chi connectivity index (χ4v) is 2.22. The molecule has 0 unspecified atom stereocenters. The van der Waals surface area contributed by atoms with E-state index in [1.807, 2.05) is 0 Å². The lowest BCUT2D eigenvalue weighted by atomic mass is 9.93. The highest BCUT2D eigenvalue weighted by molar-refractivity contribution is 5.59. The third kappa shape index (κ3) is 3.10. The van der Waals surface area contributed by atoms with E-state index in [9.17, 15) is 0 Å². The molecule has 0 aromatic heterocycles. The molecule has 0 aliphatic heterocycles. The van der Waals surface area contributed by atoms with Crippen LogP contribution in [0.3, 0.4) is 0 Å². The molecule has 1 aromatic rings. The van der Waals surface area contributed by atoms with Crippen molar-refractivity contribution in [3.63, 3.8) is 0 Å². The molecule has 0 saturated carbocycles. The number of hydrogen-bond donors (Lipinski definition) is 0. The summed E-state index contributed by atoms with van der Waals surface area (Å²) in [6.45, 7) is 8.48. The standard InChI is InChI=1S/C18H20/c1-14-7-6-9-17(13-14)12-11-16(3)18-10-5-4-8-15(18)2/h5-7,9-13H,3-4,8H2,1-2H3/b12-11+. The first kappa shape index (κ1) is 12.6. The predicted molar refractivity (Wildman–Crippen MR) is 80.4 cm³/mol. The first-order chi connectivity index (χ1) is 8.66. The van der Waals surface area contributed by atoms with E-state index in [-0.39, 0.29) is 0 Å². The first-order valence-electron chi connectivity index (χ1n) is 6.47. The van der Waals surface area contributed by atoms with Gasteiger partial charge in [-0.05, 0) is 43.4 Å². The van der Waals surface area contributed by atoms with Gasteiger partial charge in [-0.25, -0.2) is 0 Å². The molecule has 0 heterocycles. The summed E-state index contributed by atoms with van der Waals surface area (Å²) < 4.78 is 0. The van der Waals surface area contributed by atoms with Crippen molar-refractivity contribution >= 4 is 6.08 Å². The van der Waals surface area contributed by atoms with Crippen molar-refractivity contribution in [2.75, 3.05) is 0 Å². The van der Waals surface area contributed by atoms with Crippen LogP contribution in [0.1, 0.15) is 30.9 Å². The second kappa shape index (κ2) is 5.68. The van der Waals surface area contributed by atoms with E-state index in [1.165, 1.54) is 22.3 Å². The topological polar surface area (TPSA) is 0 Å². The van der Waals surface area contributed by atoms with Crippen LogP contribution in [0.15, 0.2) is 65.8 Å². The van der Waals surface area contributed by atoms with Gasteiger partial charge in [-0.15, -0.1) is 0 Å². The second-order valence-corrected chi connectivity index (χ2v) is 4.91. The molecule has 0 atom stereocenters. The Hall–Kier alpha value is -1.82. The summed E-state index contributed by atoms with van der Waals surface area (Å²) in [4.78, 5) is 0. The maximum absolute atomic E-state index is 4.17. The SMILES string of the molecule is C=C(/C=C/c1cccc(C)c1)C1=C(C)CCC=C1. The van der Waals surface area contributed by atoms with Gasteiger partial charge in [0.05, 0.1) is 0 Å². The Morgan fingerprint density at radius 3 is 2.83 bits per heavy atom. The second-order valence-electron chi connectivity index (χ2n) is 4.91. The van der Waals surface area contributed by atoms with Gasteiger partial charge >= 0.3 is 0 Å². The molecule has 0 saturated heterocycles. The summed E-state index contributed by atoms with van der Waals surface area (Å²) in [5.41, 5.74) is 6.36. The predicted octanol–water partition coefficient (Wildman–Crippen LogP) is 5.23. The van der Waals surface area contributed by atoms with Crippen molar-refractivity contribution < 1.29 is 0 Å². The minimum atomic E-state index is 1.10. The van der Waals surface area contributed by atoms with E-state index < -0.39 is 0 Å². The van der Waals surface area contributed by atoms with E-state index in [1.54, 1.807) is 0 Å². The van der Waals surface area contributed by atoms with Crippen LogP contribution >= 0.6 is 0 Å². The van der Waals surface area contributed by atoms with Gasteiger partial charge in [0.2, 0.25) is 0 Å². The molecule has 92 valence electrons. The van der Waals surface area contributed by atoms with Crippen LogP contribution in [0.25, 0.3) is 6.08 Å². The Kier molecular flexibility index (Phi) is 3.99. The Balaban J connectivity index is 2.15. The Morgan fingerprint density at radius 1 is 1.28 bits per heavy atom. The number of allylic oxidation sites excluding steroid dienone is 6. The average Bonchev–Trinajstić information content (AvgIpc) is 2.37. The molecule has 0 nitrogen and oxygen atoms in total. The molecule has 0 bridgehead atoms. The summed E-state index contributed by atoms with van der Waals surface area (Å²) >= 11 is 0. The van der Waals surface area contributed by atoms with Gasteiger partial charge in [-0.2, -0.15) is 0 Å². The van der Waals surface area contributed by atoms with Crippen molar-refractivity contribution in [3.8, 4) is 0 Å². The molecular weight excluding hydrogens is 216 g/mol. The highest BCUT2D eigenvalue weighted by Crippen LogP contribution is 2.24. The molecule has 0 heteroatoms. The zero-order valence-electron chi connectivity index (χ0n) is 11.2. The van der Waals surface area contributed by atoms with Gasteiger partial charge in [-0.1, -0.05) is 66.3 Å². The fourth-order valence-electron chi connectivity index (χ4n) is 2.22. The Bertz CT molecular complexity index is 539. The van der Waals surface area contributed by atoms with Gasteiger partial charge in [0.15, 0.2) is 0 Å². The van der Waals surface area contributed by atoms with Crippen molar-refractivity contribution in [1.82, 2.24) is 0 Å². The van der Waals surface area contributed by atoms with Crippen molar-refractivity contribution in [2.45, 2.75) is 26.7 Å². The Morgan fingerprint density at radius 2 is 2.11 bits per heavy atom. The lowest BCUT2D eigenvalue weighted by Crippen LogP contribution is -1.92. The minimum Gasteiger partial charge on any atom is -0.0912 e. The quantitative estimate of drug-likeness (QED) is 0.630. The largest absolute Gasteiger partial charge is 0.0912 e. The van der Waals surface area contributed by atoms with E-state index in [4.69, 9.17) is 0 Å². The maximum Gasteiger partial charge on any atom is -0.0204 e. The molecule has 0 amide bonds. The maximum atomic E-state index is 4.17. The monoisotopic (exact) mass is 236 g/mol. The molecule has 1 aliphatic rings. The summed E-state index contributed by atoms with van der Waals surface area (Å²) in [7, 11) is 0. The van der Waals surface area contributed by atoms with Gasteiger partial charge in [-0.3, -0.25) is 0 Å². The normalized spacial score (nSPS) is 15.4. The number of hydrogen-bond acceptors (Lipinski definition) is 0. The molecule has 0 radical (unpaired) electrons. The van der Waals surface area contributed by atoms with E-state index in [2.05, 4.69) is 69.0 Å². The van der Waals surface area contributed by atoms with Crippen molar-refractivity contribution in [2.24, 2.45) is 0 Å². The van der Waals surface area contributed by atoms with Crippen LogP contribution in [0.2, 0.25) is 0 Å². The summed E-state index contributed by atoms with van der Waals surface area (Å²) in [5, 5.41) is 0. The molecule has 1 aromatic carbocycles. The summed E-state index contributed by atoms with van der Waals surface area (Å²) in [6.07, 6.45) is 11.0. The molecule has 0 N–H and O–H groups in total. The van der Waals surface area contributed by atoms with Crippen LogP contribution < -0.4 is 0 Å². The molecule has 0 spiro atoms. The highest BCUT2D eigenvalue weighted by Gasteiger charge is 2.05. The number of rotatable bonds is 3. The van der Waals surface area contributed by atoms with Crippen molar-refractivity contribution in [1.29, 1.82) is 0 Å². The minimum absolute atomic E-state index is 1.10. The molecular formula is C18H20. The van der Waals surface area contributed by atoms with E-state index in [0.717, 1.165) is 18.4 Å². The van der Waals surface area contributed by atoms with Crippen LogP contribution in [-0.2, 0) is 0 Å². The van der Waals surface area contributed by atoms with Gasteiger partial charge in [0.1, 0.15) is 0 Å². The fraction of sp³-hybridized carbons (Fsp3) is 0.222. The smallest absolute Gasteiger partial charge is 0.0204 e.